The second kappa shape index (κ2) is 22.5. The Balaban J connectivity index is 1.67. The fraction of sp³-hybridized carbons (Fsp3) is 0.441. The summed E-state index contributed by atoms with van der Waals surface area (Å²) < 4.78 is 107. The highest BCUT2D eigenvalue weighted by atomic mass is 31.2. The minimum absolute atomic E-state index is 0.491. The van der Waals surface area contributed by atoms with Gasteiger partial charge in [-0.1, -0.05) is 6.07 Å². The number of phosphoric ester groups is 3. The van der Waals surface area contributed by atoms with Gasteiger partial charge in [-0.05, 0) is 24.6 Å². The lowest BCUT2D eigenvalue weighted by Crippen LogP contribution is -2.65. The lowest BCUT2D eigenvalue weighted by molar-refractivity contribution is -0.334. The minimum atomic E-state index is -5.70. The fourth-order valence-electron chi connectivity index (χ4n) is 7.23. The van der Waals surface area contributed by atoms with Crippen LogP contribution in [0.3, 0.4) is 0 Å². The molecule has 73 heavy (non-hydrogen) atoms. The lowest BCUT2D eigenvalue weighted by atomic mass is 9.92. The van der Waals surface area contributed by atoms with E-state index in [1.54, 1.807) is 0 Å². The molecule has 0 spiro atoms. The number of fused-ring (bicyclic) bond motifs is 1. The van der Waals surface area contributed by atoms with Crippen LogP contribution >= 0.6 is 23.5 Å². The average Bonchev–Trinajstić information content (AvgIpc) is 3.20. The van der Waals surface area contributed by atoms with Gasteiger partial charge in [0.15, 0.2) is 72.9 Å². The van der Waals surface area contributed by atoms with E-state index in [1.807, 2.05) is 0 Å². The molecule has 0 aromatic heterocycles. The number of hydrogen-bond donors (Lipinski definition) is 12. The summed E-state index contributed by atoms with van der Waals surface area (Å²) in [6, 6.07) is 3.03. The fourth-order valence-corrected chi connectivity index (χ4v) is 8.41. The molecule has 6 unspecified atom stereocenters. The SMILES string of the molecule is CC(=O)OC1[C@H](OC2C(=O)c3c(O)cc(OP(=O)(O)O)cc3OC2c2ccc(OP(=O)(O)O)c(OP(=O)(O)O)c2)O[C@H](CO[C@H]2OC(C)C(OC(=O)O)[C@@H](OC(=O)O)[C@H]2OC(=O)O)C(OC(=O)O)[C@@H]1OC(=O)O. The second-order valence-corrected chi connectivity index (χ2v) is 18.1. The third-order valence-corrected chi connectivity index (χ3v) is 10.9. The topological polar surface area (TPSA) is 543 Å². The summed E-state index contributed by atoms with van der Waals surface area (Å²) >= 11 is 0. The summed E-state index contributed by atoms with van der Waals surface area (Å²) in [6.45, 7) is 0.461. The van der Waals surface area contributed by atoms with E-state index in [4.69, 9.17) is 42.6 Å². The van der Waals surface area contributed by atoms with Crippen LogP contribution in [0, 0.1) is 0 Å². The number of benzene rings is 2. The Bertz CT molecular complexity index is 2600. The number of ketones is 1. The third kappa shape index (κ3) is 15.4. The van der Waals surface area contributed by atoms with Crippen LogP contribution in [0.5, 0.6) is 28.7 Å². The molecule has 404 valence electrons. The van der Waals surface area contributed by atoms with Crippen LogP contribution in [-0.2, 0) is 65.9 Å². The van der Waals surface area contributed by atoms with E-state index in [0.717, 1.165) is 13.0 Å². The van der Waals surface area contributed by atoms with E-state index in [-0.39, 0.29) is 0 Å². The Hall–Kier alpha value is -6.78. The van der Waals surface area contributed by atoms with Crippen molar-refractivity contribution in [2.24, 2.45) is 0 Å². The predicted octanol–water partition coefficient (Wildman–Crippen LogP) is 1.24. The molecule has 3 heterocycles. The van der Waals surface area contributed by atoms with E-state index >= 15 is 0 Å². The first kappa shape index (κ1) is 57.1. The number of carboxylic acid groups (broad SMARTS) is 5. The molecular formula is C34H37O36P3. The number of phenolic OH excluding ortho intramolecular Hbond substituents is 1. The van der Waals surface area contributed by atoms with Crippen LogP contribution in [0.25, 0.3) is 0 Å². The largest absolute Gasteiger partial charge is 0.524 e. The number of ether oxygens (including phenoxy) is 11. The Morgan fingerprint density at radius 1 is 0.603 bits per heavy atom. The van der Waals surface area contributed by atoms with Gasteiger partial charge in [-0.2, -0.15) is 0 Å². The number of carbonyl (C=O) groups excluding carboxylic acids is 2. The molecule has 12 N–H and O–H groups in total. The third-order valence-electron chi connectivity index (χ3n) is 9.55. The average molecular weight is 1110 g/mol. The molecule has 0 amide bonds. The van der Waals surface area contributed by atoms with E-state index in [1.165, 1.54) is 0 Å². The highest BCUT2D eigenvalue weighted by Gasteiger charge is 2.57. The summed E-state index contributed by atoms with van der Waals surface area (Å²) in [7, 11) is -16.7. The molecule has 0 saturated carbocycles. The Morgan fingerprint density at radius 3 is 1.63 bits per heavy atom. The zero-order valence-electron chi connectivity index (χ0n) is 36.0. The smallest absolute Gasteiger partial charge is 0.507 e. The second-order valence-electron chi connectivity index (χ2n) is 14.6. The zero-order valence-corrected chi connectivity index (χ0v) is 38.7. The maximum Gasteiger partial charge on any atom is 0.524 e. The summed E-state index contributed by atoms with van der Waals surface area (Å²) in [5.74, 6) is -7.95. The molecule has 3 aliphatic rings. The monoisotopic (exact) mass is 1110 g/mol. The first-order valence-corrected chi connectivity index (χ1v) is 24.0. The maximum atomic E-state index is 14.6. The van der Waals surface area contributed by atoms with Gasteiger partial charge in [0, 0.05) is 19.1 Å². The lowest BCUT2D eigenvalue weighted by Gasteiger charge is -2.46. The van der Waals surface area contributed by atoms with Gasteiger partial charge in [0.25, 0.3) is 0 Å². The van der Waals surface area contributed by atoms with Gasteiger partial charge in [-0.3, -0.25) is 38.9 Å². The Labute approximate surface area is 402 Å². The van der Waals surface area contributed by atoms with Gasteiger partial charge < -0.3 is 96.3 Å². The van der Waals surface area contributed by atoms with Crippen molar-refractivity contribution in [2.75, 3.05) is 6.61 Å². The molecular weight excluding hydrogens is 1080 g/mol. The molecule has 3 aliphatic heterocycles. The normalized spacial score (nSPS) is 27.1. The number of carbonyl (C=O) groups is 7. The van der Waals surface area contributed by atoms with Gasteiger partial charge >= 0.3 is 60.2 Å². The van der Waals surface area contributed by atoms with Crippen LogP contribution in [0.4, 0.5) is 24.0 Å². The van der Waals surface area contributed by atoms with E-state index in [0.29, 0.717) is 31.2 Å². The summed E-state index contributed by atoms with van der Waals surface area (Å²) in [6.07, 6.45) is -38.1. The zero-order chi connectivity index (χ0) is 54.7. The summed E-state index contributed by atoms with van der Waals surface area (Å²) in [5, 5.41) is 58.8. The predicted molar refractivity (Wildman–Crippen MR) is 214 cm³/mol. The van der Waals surface area contributed by atoms with Crippen LogP contribution < -0.4 is 18.3 Å². The number of hydrogen-bond acceptors (Lipinski definition) is 25. The molecule has 0 radical (unpaired) electrons. The van der Waals surface area contributed by atoms with Crippen molar-refractivity contribution in [2.45, 2.75) is 87.5 Å². The van der Waals surface area contributed by atoms with Gasteiger partial charge in [0.1, 0.15) is 28.9 Å². The number of phenols is 1. The first-order valence-electron chi connectivity index (χ1n) is 19.4. The minimum Gasteiger partial charge on any atom is -0.507 e. The Kier molecular flexibility index (Phi) is 17.6. The van der Waals surface area contributed by atoms with E-state index in [2.05, 4.69) is 23.0 Å². The highest BCUT2D eigenvalue weighted by Crippen LogP contribution is 2.51. The van der Waals surface area contributed by atoms with Gasteiger partial charge in [0.2, 0.25) is 5.78 Å². The molecule has 36 nitrogen and oxygen atoms in total. The number of aromatic hydroxyl groups is 1. The van der Waals surface area contributed by atoms with Crippen LogP contribution in [0.2, 0.25) is 0 Å². The Morgan fingerprint density at radius 2 is 1.10 bits per heavy atom. The number of esters is 1. The highest BCUT2D eigenvalue weighted by molar-refractivity contribution is 7.47. The van der Waals surface area contributed by atoms with E-state index in [9.17, 15) is 107 Å². The van der Waals surface area contributed by atoms with Crippen molar-refractivity contribution in [3.8, 4) is 28.7 Å². The van der Waals surface area contributed by atoms with Crippen molar-refractivity contribution in [3.05, 3.63) is 41.5 Å². The molecule has 0 bridgehead atoms. The summed E-state index contributed by atoms with van der Waals surface area (Å²) in [4.78, 5) is 143. The molecule has 2 saturated heterocycles. The quantitative estimate of drug-likeness (QED) is 0.0567. The van der Waals surface area contributed by atoms with Crippen molar-refractivity contribution in [3.63, 3.8) is 0 Å². The number of rotatable bonds is 18. The van der Waals surface area contributed by atoms with Crippen molar-refractivity contribution in [1.29, 1.82) is 0 Å². The molecule has 5 rings (SSSR count). The van der Waals surface area contributed by atoms with Crippen LogP contribution in [0.1, 0.15) is 35.9 Å². The number of phosphoric acid groups is 3. The first-order chi connectivity index (χ1) is 33.7. The molecule has 2 fully saturated rings. The number of Topliss-reactive ketones (excluding diaryl/α,β-unsaturated/α-hetero) is 1. The van der Waals surface area contributed by atoms with Crippen LogP contribution in [0.15, 0.2) is 30.3 Å². The van der Waals surface area contributed by atoms with Gasteiger partial charge in [-0.25, -0.2) is 37.7 Å². The molecule has 0 aliphatic carbocycles. The molecule has 2 aromatic rings. The maximum absolute atomic E-state index is 14.6. The summed E-state index contributed by atoms with van der Waals surface area (Å²) in [5.41, 5.74) is -1.51. The molecule has 12 atom stereocenters. The standard InChI is InChI=1S/C34H37O36P3/c1-9-20(63-30(38)39)24(65-32(42)43)26(67-34(46)47)28(58-9)57-8-17-22(64-31(40)41)25(66-33(44)45)27(59-10(2)35)29(61-17)62-23-19(37)18-13(36)6-12(68-71(48,49)50)7-16(18)60-21(23)11-3-4-14(69-72(51,52)53)15(5-11)70-73(54,55)56/h3-7,9,17,20-29,36H,8H2,1-2H3,(H,38,39)(H,40,41)(H,42,43)(H,44,45)(H,46,47)(H2,48,49,50)(H2,51,52,53)(H2,54,55,56)/t9?,17-,20?,21?,22?,23?,24-,25+,26-,27?,28+,29+/m1/s1. The van der Waals surface area contributed by atoms with Crippen molar-refractivity contribution < 1.29 is 173 Å². The van der Waals surface area contributed by atoms with Gasteiger partial charge in [0.05, 0.1) is 12.7 Å². The van der Waals surface area contributed by atoms with Crippen molar-refractivity contribution in [1.82, 2.24) is 0 Å². The molecule has 39 heteroatoms. The van der Waals surface area contributed by atoms with Crippen LogP contribution in [-0.4, -0.2) is 177 Å². The van der Waals surface area contributed by atoms with Crippen molar-refractivity contribution >= 4 is 66.0 Å². The van der Waals surface area contributed by atoms with Gasteiger partial charge in [-0.15, -0.1) is 0 Å². The molecule has 2 aromatic carbocycles. The van der Waals surface area contributed by atoms with E-state index < -0.39 is 186 Å².